The largest absolute Gasteiger partial charge is 0.462 e. The quantitative estimate of drug-likeness (QED) is 0.202. The number of carbonyl (C=O) groups excluding carboxylic acids is 1. The molecule has 4 heterocycles. The maximum atomic E-state index is 13.2. The van der Waals surface area contributed by atoms with E-state index in [1.165, 1.54) is 0 Å². The molecular weight excluding hydrogens is 628 g/mol. The van der Waals surface area contributed by atoms with Crippen molar-refractivity contribution >= 4 is 34.3 Å². The van der Waals surface area contributed by atoms with Gasteiger partial charge in [0.05, 0.1) is 18.4 Å². The molecule has 0 unspecified atom stereocenters. The Bertz CT molecular complexity index is 1810. The van der Waals surface area contributed by atoms with E-state index in [0.29, 0.717) is 56.3 Å². The van der Waals surface area contributed by atoms with Gasteiger partial charge in [-0.25, -0.2) is 11.4 Å². The van der Waals surface area contributed by atoms with Gasteiger partial charge in [-0.2, -0.15) is 9.97 Å². The molecule has 0 aliphatic carbocycles. The van der Waals surface area contributed by atoms with Crippen molar-refractivity contribution in [2.24, 2.45) is 0 Å². The van der Waals surface area contributed by atoms with E-state index in [1.807, 2.05) is 48.5 Å². The van der Waals surface area contributed by atoms with Gasteiger partial charge in [0.25, 0.3) is 0 Å². The molecule has 2 saturated heterocycles. The van der Waals surface area contributed by atoms with Crippen molar-refractivity contribution in [2.75, 3.05) is 51.3 Å². The summed E-state index contributed by atoms with van der Waals surface area (Å²) in [6.45, 7) is 11.2. The molecular formula is C37H39ClN6O4. The molecule has 248 valence electrons. The van der Waals surface area contributed by atoms with Gasteiger partial charge in [-0.15, -0.1) is 0 Å². The van der Waals surface area contributed by atoms with E-state index in [0.717, 1.165) is 58.4 Å². The van der Waals surface area contributed by atoms with E-state index in [1.54, 1.807) is 4.90 Å². The number of piperazine rings is 1. The number of anilines is 1. The van der Waals surface area contributed by atoms with Crippen LogP contribution >= 0.6 is 11.6 Å². The average Bonchev–Trinajstić information content (AvgIpc) is 3.53. The lowest BCUT2D eigenvalue weighted by Crippen LogP contribution is -2.57. The maximum Gasteiger partial charge on any atom is 0.410 e. The van der Waals surface area contributed by atoms with E-state index in [2.05, 4.69) is 39.9 Å². The zero-order valence-corrected chi connectivity index (χ0v) is 27.8. The lowest BCUT2D eigenvalue weighted by molar-refractivity contribution is 0.0263. The van der Waals surface area contributed by atoms with Crippen molar-refractivity contribution in [1.82, 2.24) is 19.8 Å². The van der Waals surface area contributed by atoms with Crippen LogP contribution < -0.4 is 9.64 Å². The Kier molecular flexibility index (Phi) is 9.61. The van der Waals surface area contributed by atoms with Crippen molar-refractivity contribution in [2.45, 2.75) is 50.7 Å². The minimum Gasteiger partial charge on any atom is -0.462 e. The Morgan fingerprint density at radius 3 is 2.67 bits per heavy atom. The fourth-order valence-electron chi connectivity index (χ4n) is 7.06. The van der Waals surface area contributed by atoms with Crippen molar-refractivity contribution < 1.29 is 19.0 Å². The third kappa shape index (κ3) is 6.76. The van der Waals surface area contributed by atoms with Gasteiger partial charge in [0.2, 0.25) is 6.54 Å². The number of aromatic nitrogens is 2. The number of ether oxygens (including phenoxy) is 3. The van der Waals surface area contributed by atoms with Gasteiger partial charge in [0, 0.05) is 48.1 Å². The third-order valence-corrected chi connectivity index (χ3v) is 10.0. The van der Waals surface area contributed by atoms with Crippen molar-refractivity contribution in [3.8, 4) is 6.01 Å². The molecule has 0 saturated carbocycles. The molecule has 11 heteroatoms. The second-order valence-corrected chi connectivity index (χ2v) is 13.1. The topological polar surface area (TPSA) is 84.6 Å². The first kappa shape index (κ1) is 32.1. The average molecular weight is 667 g/mol. The minimum absolute atomic E-state index is 0.155. The van der Waals surface area contributed by atoms with E-state index in [4.69, 9.17) is 42.4 Å². The maximum absolute atomic E-state index is 13.2. The van der Waals surface area contributed by atoms with E-state index < -0.39 is 6.09 Å². The van der Waals surface area contributed by atoms with Crippen LogP contribution in [0, 0.1) is 6.57 Å². The van der Waals surface area contributed by atoms with Crippen LogP contribution in [0.25, 0.3) is 15.6 Å². The molecule has 3 atom stereocenters. The van der Waals surface area contributed by atoms with Crippen LogP contribution in [0.1, 0.15) is 41.3 Å². The zero-order valence-electron chi connectivity index (χ0n) is 27.1. The first-order valence-electron chi connectivity index (χ1n) is 16.6. The van der Waals surface area contributed by atoms with Crippen molar-refractivity contribution in [3.05, 3.63) is 106 Å². The number of carbonyl (C=O) groups is 1. The number of fused-ring (bicyclic) bond motifs is 2. The fraction of sp³-hybridized carbons (Fsp3) is 0.405. The van der Waals surface area contributed by atoms with Crippen LogP contribution in [0.4, 0.5) is 10.6 Å². The van der Waals surface area contributed by atoms with Crippen LogP contribution in [0.5, 0.6) is 6.01 Å². The molecule has 3 aliphatic rings. The third-order valence-electron chi connectivity index (χ3n) is 9.69. The molecule has 0 radical (unpaired) electrons. The van der Waals surface area contributed by atoms with Gasteiger partial charge >= 0.3 is 12.1 Å². The summed E-state index contributed by atoms with van der Waals surface area (Å²) in [6, 6.07) is 22.0. The number of nitrogens with zero attached hydrogens (tertiary/aromatic N) is 6. The highest BCUT2D eigenvalue weighted by Crippen LogP contribution is 2.39. The van der Waals surface area contributed by atoms with Crippen molar-refractivity contribution in [3.63, 3.8) is 0 Å². The van der Waals surface area contributed by atoms with Gasteiger partial charge in [0.1, 0.15) is 25.1 Å². The number of likely N-dealkylation sites (N-methyl/N-ethyl adjacent to an activating group) is 1. The zero-order chi connectivity index (χ0) is 33.0. The molecule has 4 aromatic rings. The summed E-state index contributed by atoms with van der Waals surface area (Å²) >= 11 is 6.70. The molecule has 1 aromatic heterocycles. The number of amides is 1. The summed E-state index contributed by atoms with van der Waals surface area (Å²) in [7, 11) is 2.12. The highest BCUT2D eigenvalue weighted by molar-refractivity contribution is 6.35. The van der Waals surface area contributed by atoms with Gasteiger partial charge in [0.15, 0.2) is 0 Å². The summed E-state index contributed by atoms with van der Waals surface area (Å²) in [6.07, 6.45) is 2.09. The molecule has 10 nitrogen and oxygen atoms in total. The summed E-state index contributed by atoms with van der Waals surface area (Å²) in [5.41, 5.74) is 3.73. The molecule has 48 heavy (non-hydrogen) atoms. The van der Waals surface area contributed by atoms with Gasteiger partial charge in [-0.05, 0) is 49.0 Å². The van der Waals surface area contributed by atoms with E-state index in [9.17, 15) is 4.79 Å². The highest BCUT2D eigenvalue weighted by atomic mass is 35.5. The first-order valence-corrected chi connectivity index (χ1v) is 16.9. The Labute approximate surface area is 286 Å². The number of hydrogen-bond donors (Lipinski definition) is 0. The summed E-state index contributed by atoms with van der Waals surface area (Å²) < 4.78 is 18.5. The molecule has 0 bridgehead atoms. The van der Waals surface area contributed by atoms with E-state index in [-0.39, 0.29) is 25.3 Å². The molecule has 3 aromatic carbocycles. The van der Waals surface area contributed by atoms with Crippen LogP contribution in [-0.2, 0) is 29.1 Å². The van der Waals surface area contributed by atoms with Crippen LogP contribution in [-0.4, -0.2) is 84.3 Å². The Morgan fingerprint density at radius 1 is 1.04 bits per heavy atom. The number of likely N-dealkylation sites (tertiary alicyclic amines) is 1. The number of hydrogen-bond acceptors (Lipinski definition) is 8. The van der Waals surface area contributed by atoms with Crippen LogP contribution in [0.15, 0.2) is 66.7 Å². The van der Waals surface area contributed by atoms with Crippen LogP contribution in [0.2, 0.25) is 5.02 Å². The smallest absolute Gasteiger partial charge is 0.410 e. The predicted molar refractivity (Wildman–Crippen MR) is 184 cm³/mol. The molecule has 1 amide bonds. The van der Waals surface area contributed by atoms with Gasteiger partial charge in [-0.3, -0.25) is 4.90 Å². The molecule has 7 rings (SSSR count). The van der Waals surface area contributed by atoms with Gasteiger partial charge in [-0.1, -0.05) is 72.3 Å². The lowest BCUT2D eigenvalue weighted by atomic mass is 9.94. The standard InChI is InChI=1S/C37H39ClN6O4/c1-39-20-28-21-43(17-18-44(28)37(45)48-22-25-9-4-3-5-10-25)35-30-24-46-33(29-14-6-11-26-12-7-15-31(38)34(26)29)19-32(30)40-36(41-35)47-23-27-13-8-16-42(27)2/h3-7,9-12,14-15,27-28,33H,8,13,16-24H2,2H3/t27-,28-,33-/m0/s1. The molecule has 2 fully saturated rings. The normalized spacial score (nSPS) is 21.1. The Hall–Kier alpha value is -4.43. The number of benzene rings is 3. The SMILES string of the molecule is [C-]#[N+]C[C@H]1CN(c2nc(OC[C@@H]3CCCN3C)nc3c2CO[C@H](c2cccc4cccc(Cl)c24)C3)CCN1C(=O)OCc1ccccc1. The Morgan fingerprint density at radius 2 is 1.88 bits per heavy atom. The molecule has 0 spiro atoms. The number of rotatable bonds is 8. The van der Waals surface area contributed by atoms with Crippen LogP contribution in [0.3, 0.4) is 0 Å². The minimum atomic E-state index is -0.415. The monoisotopic (exact) mass is 666 g/mol. The Balaban J connectivity index is 1.16. The predicted octanol–water partition coefficient (Wildman–Crippen LogP) is 6.32. The second-order valence-electron chi connectivity index (χ2n) is 12.7. The molecule has 0 N–H and O–H groups in total. The second kappa shape index (κ2) is 14.4. The highest BCUT2D eigenvalue weighted by Gasteiger charge is 2.37. The lowest BCUT2D eigenvalue weighted by Gasteiger charge is -2.40. The summed E-state index contributed by atoms with van der Waals surface area (Å²) in [5, 5.41) is 2.74. The summed E-state index contributed by atoms with van der Waals surface area (Å²) in [4.78, 5) is 32.9. The summed E-state index contributed by atoms with van der Waals surface area (Å²) in [5.74, 6) is 0.733. The first-order chi connectivity index (χ1) is 23.5. The van der Waals surface area contributed by atoms with E-state index >= 15 is 0 Å². The van der Waals surface area contributed by atoms with Gasteiger partial charge < -0.3 is 28.9 Å². The molecule has 3 aliphatic heterocycles. The van der Waals surface area contributed by atoms with Crippen molar-refractivity contribution in [1.29, 1.82) is 0 Å². The number of halogens is 1. The fourth-order valence-corrected chi connectivity index (χ4v) is 7.35.